The summed E-state index contributed by atoms with van der Waals surface area (Å²) in [4.78, 5) is 11.1. The summed E-state index contributed by atoms with van der Waals surface area (Å²) in [5, 5.41) is 3.14. The second-order valence-electron chi connectivity index (χ2n) is 4.11. The quantitative estimate of drug-likeness (QED) is 0.626. The molecule has 3 nitrogen and oxygen atoms in total. The molecule has 0 radical (unpaired) electrons. The molecule has 1 N–H and O–H groups in total. The van der Waals surface area contributed by atoms with Crippen LogP contribution >= 0.6 is 0 Å². The van der Waals surface area contributed by atoms with Gasteiger partial charge in [-0.15, -0.1) is 0 Å². The van der Waals surface area contributed by atoms with Gasteiger partial charge in [-0.3, -0.25) is 4.79 Å². The van der Waals surface area contributed by atoms with Crippen molar-refractivity contribution < 1.29 is 9.53 Å². The number of carbonyl (C=O) groups excluding carboxylic acids is 1. The largest absolute Gasteiger partial charge is 0.465 e. The van der Waals surface area contributed by atoms with E-state index in [2.05, 4.69) is 5.32 Å². The van der Waals surface area contributed by atoms with Crippen LogP contribution in [0.4, 0.5) is 0 Å². The van der Waals surface area contributed by atoms with Gasteiger partial charge < -0.3 is 10.1 Å². The van der Waals surface area contributed by atoms with Crippen molar-refractivity contribution in [1.29, 1.82) is 0 Å². The molecule has 2 saturated carbocycles. The normalized spacial score (nSPS) is 21.5. The Labute approximate surface area is 78.8 Å². The van der Waals surface area contributed by atoms with Crippen molar-refractivity contribution in [3.05, 3.63) is 0 Å². The van der Waals surface area contributed by atoms with Crippen molar-refractivity contribution in [3.63, 3.8) is 0 Å². The lowest BCUT2D eigenvalue weighted by molar-refractivity contribution is -0.142. The molecule has 0 atom stereocenters. The molecule has 0 heterocycles. The minimum absolute atomic E-state index is 0.0902. The standard InChI is InChI=1S/C10H17NO2/c12-10(7-11-9-3-4-9)13-6-5-8-1-2-8/h8-9,11H,1-7H2. The first-order valence-electron chi connectivity index (χ1n) is 5.23. The molecule has 2 aliphatic carbocycles. The van der Waals surface area contributed by atoms with E-state index < -0.39 is 0 Å². The van der Waals surface area contributed by atoms with E-state index in [0.29, 0.717) is 19.2 Å². The van der Waals surface area contributed by atoms with Gasteiger partial charge in [0, 0.05) is 6.04 Å². The number of ether oxygens (including phenoxy) is 1. The second-order valence-corrected chi connectivity index (χ2v) is 4.11. The number of rotatable bonds is 6. The molecule has 0 aliphatic heterocycles. The van der Waals surface area contributed by atoms with Gasteiger partial charge in [-0.1, -0.05) is 12.8 Å². The van der Waals surface area contributed by atoms with Gasteiger partial charge in [-0.25, -0.2) is 0 Å². The van der Waals surface area contributed by atoms with E-state index in [1.165, 1.54) is 25.7 Å². The van der Waals surface area contributed by atoms with Crippen molar-refractivity contribution in [2.75, 3.05) is 13.2 Å². The maximum Gasteiger partial charge on any atom is 0.319 e. The second kappa shape index (κ2) is 4.09. The van der Waals surface area contributed by atoms with Gasteiger partial charge in [-0.2, -0.15) is 0 Å². The lowest BCUT2D eigenvalue weighted by Crippen LogP contribution is -2.26. The zero-order chi connectivity index (χ0) is 9.10. The smallest absolute Gasteiger partial charge is 0.319 e. The van der Waals surface area contributed by atoms with Gasteiger partial charge in [0.25, 0.3) is 0 Å². The van der Waals surface area contributed by atoms with Crippen molar-refractivity contribution in [3.8, 4) is 0 Å². The van der Waals surface area contributed by atoms with E-state index in [0.717, 1.165) is 12.3 Å². The Hall–Kier alpha value is -0.570. The van der Waals surface area contributed by atoms with E-state index in [1.54, 1.807) is 0 Å². The monoisotopic (exact) mass is 183 g/mol. The summed E-state index contributed by atoms with van der Waals surface area (Å²) in [6.45, 7) is 1.02. The molecular weight excluding hydrogens is 166 g/mol. The molecule has 2 aliphatic rings. The predicted molar refractivity (Wildman–Crippen MR) is 49.3 cm³/mol. The summed E-state index contributed by atoms with van der Waals surface area (Å²) >= 11 is 0. The molecular formula is C10H17NO2. The third-order valence-corrected chi connectivity index (χ3v) is 2.60. The molecule has 0 aromatic heterocycles. The summed E-state index contributed by atoms with van der Waals surface area (Å²) in [6, 6.07) is 0.594. The fourth-order valence-corrected chi connectivity index (χ4v) is 1.31. The zero-order valence-corrected chi connectivity index (χ0v) is 7.92. The van der Waals surface area contributed by atoms with Gasteiger partial charge in [0.2, 0.25) is 0 Å². The van der Waals surface area contributed by atoms with E-state index in [4.69, 9.17) is 4.74 Å². The number of esters is 1. The van der Waals surface area contributed by atoms with Gasteiger partial charge in [-0.05, 0) is 25.2 Å². The Balaban J connectivity index is 1.44. The number of hydrogen-bond acceptors (Lipinski definition) is 3. The summed E-state index contributed by atoms with van der Waals surface area (Å²) in [6.07, 6.45) is 6.16. The molecule has 0 unspecified atom stereocenters. The first-order chi connectivity index (χ1) is 6.34. The lowest BCUT2D eigenvalue weighted by Gasteiger charge is -2.04. The molecule has 0 saturated heterocycles. The van der Waals surface area contributed by atoms with Crippen LogP contribution in [0.2, 0.25) is 0 Å². The van der Waals surface area contributed by atoms with Gasteiger partial charge in [0.1, 0.15) is 0 Å². The van der Waals surface area contributed by atoms with Crippen LogP contribution in [0.25, 0.3) is 0 Å². The zero-order valence-electron chi connectivity index (χ0n) is 7.92. The van der Waals surface area contributed by atoms with Gasteiger partial charge >= 0.3 is 5.97 Å². The van der Waals surface area contributed by atoms with Crippen molar-refractivity contribution in [1.82, 2.24) is 5.32 Å². The fraction of sp³-hybridized carbons (Fsp3) is 0.900. The maximum absolute atomic E-state index is 11.1. The Morgan fingerprint density at radius 1 is 1.31 bits per heavy atom. The molecule has 13 heavy (non-hydrogen) atoms. The number of hydrogen-bond donors (Lipinski definition) is 1. The highest BCUT2D eigenvalue weighted by molar-refractivity contribution is 5.71. The Bertz CT molecular complexity index is 185. The van der Waals surface area contributed by atoms with Crippen molar-refractivity contribution in [2.24, 2.45) is 5.92 Å². The minimum Gasteiger partial charge on any atom is -0.465 e. The van der Waals surface area contributed by atoms with Crippen LogP contribution in [0.15, 0.2) is 0 Å². The molecule has 0 aromatic carbocycles. The van der Waals surface area contributed by atoms with E-state index in [1.807, 2.05) is 0 Å². The predicted octanol–water partition coefficient (Wildman–Crippen LogP) is 1.08. The third-order valence-electron chi connectivity index (χ3n) is 2.60. The maximum atomic E-state index is 11.1. The van der Waals surface area contributed by atoms with E-state index in [9.17, 15) is 4.79 Å². The Morgan fingerprint density at radius 2 is 2.08 bits per heavy atom. The summed E-state index contributed by atoms with van der Waals surface area (Å²) in [7, 11) is 0. The third kappa shape index (κ3) is 3.77. The Kier molecular flexibility index (Phi) is 2.83. The number of carbonyl (C=O) groups is 1. The molecule has 0 bridgehead atoms. The topological polar surface area (TPSA) is 38.3 Å². The van der Waals surface area contributed by atoms with Crippen LogP contribution in [0.3, 0.4) is 0 Å². The highest BCUT2D eigenvalue weighted by Crippen LogP contribution is 2.32. The van der Waals surface area contributed by atoms with E-state index in [-0.39, 0.29) is 5.97 Å². The average molecular weight is 183 g/mol. The molecule has 0 aromatic rings. The number of nitrogens with one attached hydrogen (secondary N) is 1. The van der Waals surface area contributed by atoms with Crippen LogP contribution < -0.4 is 5.32 Å². The van der Waals surface area contributed by atoms with Crippen LogP contribution in [-0.2, 0) is 9.53 Å². The molecule has 2 fully saturated rings. The summed E-state index contributed by atoms with van der Waals surface area (Å²) < 4.78 is 5.07. The first kappa shape index (κ1) is 9.00. The van der Waals surface area contributed by atoms with Crippen LogP contribution in [0.1, 0.15) is 32.1 Å². The van der Waals surface area contributed by atoms with Crippen LogP contribution in [0.5, 0.6) is 0 Å². The lowest BCUT2D eigenvalue weighted by atomic mass is 10.3. The summed E-state index contributed by atoms with van der Waals surface area (Å²) in [5.74, 6) is 0.761. The van der Waals surface area contributed by atoms with Crippen LogP contribution in [-0.4, -0.2) is 25.2 Å². The van der Waals surface area contributed by atoms with Crippen molar-refractivity contribution >= 4 is 5.97 Å². The molecule has 2 rings (SSSR count). The minimum atomic E-state index is -0.0902. The highest BCUT2D eigenvalue weighted by Gasteiger charge is 2.23. The summed E-state index contributed by atoms with van der Waals surface area (Å²) in [5.41, 5.74) is 0. The highest BCUT2D eigenvalue weighted by atomic mass is 16.5. The molecule has 0 amide bonds. The molecule has 3 heteroatoms. The van der Waals surface area contributed by atoms with Crippen molar-refractivity contribution in [2.45, 2.75) is 38.1 Å². The van der Waals surface area contributed by atoms with E-state index >= 15 is 0 Å². The van der Waals surface area contributed by atoms with Gasteiger partial charge in [0.15, 0.2) is 0 Å². The fourth-order valence-electron chi connectivity index (χ4n) is 1.31. The van der Waals surface area contributed by atoms with Gasteiger partial charge in [0.05, 0.1) is 13.2 Å². The molecule has 0 spiro atoms. The first-order valence-corrected chi connectivity index (χ1v) is 5.23. The Morgan fingerprint density at radius 3 is 2.69 bits per heavy atom. The average Bonchev–Trinajstić information content (AvgIpc) is 2.97. The SMILES string of the molecule is O=C(CNC1CC1)OCCC1CC1. The molecule has 74 valence electrons. The van der Waals surface area contributed by atoms with Crippen LogP contribution in [0, 0.1) is 5.92 Å².